The number of hydrogen-bond donors (Lipinski definition) is 3. The molecular formula is C22H21N3O5. The fraction of sp³-hybridized carbons (Fsp3) is 0.136. The number of hydrogen-bond acceptors (Lipinski definition) is 6. The van der Waals surface area contributed by atoms with E-state index < -0.39 is 18.5 Å². The molecule has 0 bridgehead atoms. The molecule has 3 aromatic rings. The maximum atomic E-state index is 12.4. The van der Waals surface area contributed by atoms with Crippen molar-refractivity contribution in [1.29, 1.82) is 0 Å². The van der Waals surface area contributed by atoms with Crippen LogP contribution in [0.5, 0.6) is 0 Å². The summed E-state index contributed by atoms with van der Waals surface area (Å²) in [6.45, 7) is 1.39. The molecule has 8 nitrogen and oxygen atoms in total. The minimum absolute atomic E-state index is 0.183. The van der Waals surface area contributed by atoms with Gasteiger partial charge in [-0.25, -0.2) is 4.79 Å². The van der Waals surface area contributed by atoms with Gasteiger partial charge in [0.15, 0.2) is 6.61 Å². The molecule has 0 fully saturated rings. The highest BCUT2D eigenvalue weighted by atomic mass is 16.5. The van der Waals surface area contributed by atoms with Gasteiger partial charge in [-0.1, -0.05) is 12.1 Å². The van der Waals surface area contributed by atoms with Crippen LogP contribution < -0.4 is 16.0 Å². The van der Waals surface area contributed by atoms with Crippen LogP contribution >= 0.6 is 0 Å². The molecule has 8 heteroatoms. The van der Waals surface area contributed by atoms with Crippen LogP contribution in [0.25, 0.3) is 0 Å². The number of nitrogens with one attached hydrogen (secondary N) is 3. The van der Waals surface area contributed by atoms with Gasteiger partial charge in [0.2, 0.25) is 5.91 Å². The Bertz CT molecular complexity index is 1010. The van der Waals surface area contributed by atoms with Gasteiger partial charge in [0.05, 0.1) is 18.4 Å². The summed E-state index contributed by atoms with van der Waals surface area (Å²) in [4.78, 5) is 35.5. The van der Waals surface area contributed by atoms with Crippen molar-refractivity contribution in [3.8, 4) is 0 Å². The fourth-order valence-electron chi connectivity index (χ4n) is 2.66. The van der Waals surface area contributed by atoms with E-state index in [1.54, 1.807) is 60.9 Å². The molecule has 1 aromatic heterocycles. The molecule has 0 spiro atoms. The van der Waals surface area contributed by atoms with Crippen molar-refractivity contribution < 1.29 is 23.5 Å². The molecule has 0 saturated carbocycles. The summed E-state index contributed by atoms with van der Waals surface area (Å²) in [5, 5.41) is 8.38. The molecule has 2 amide bonds. The lowest BCUT2D eigenvalue weighted by atomic mass is 10.2. The molecule has 3 rings (SSSR count). The summed E-state index contributed by atoms with van der Waals surface area (Å²) < 4.78 is 10.4. The van der Waals surface area contributed by atoms with E-state index in [2.05, 4.69) is 16.0 Å². The van der Waals surface area contributed by atoms with Crippen molar-refractivity contribution in [2.45, 2.75) is 13.5 Å². The van der Waals surface area contributed by atoms with E-state index in [4.69, 9.17) is 9.15 Å². The third-order valence-corrected chi connectivity index (χ3v) is 4.00. The Kier molecular flexibility index (Phi) is 6.83. The van der Waals surface area contributed by atoms with Crippen LogP contribution in [-0.4, -0.2) is 24.4 Å². The number of carbonyl (C=O) groups excluding carboxylic acids is 3. The van der Waals surface area contributed by atoms with Crippen LogP contribution in [0.1, 0.15) is 23.0 Å². The van der Waals surface area contributed by atoms with E-state index in [1.165, 1.54) is 6.92 Å². The van der Waals surface area contributed by atoms with Crippen LogP contribution in [-0.2, 0) is 20.9 Å². The maximum Gasteiger partial charge on any atom is 0.340 e. The van der Waals surface area contributed by atoms with E-state index in [0.717, 1.165) is 5.76 Å². The highest BCUT2D eigenvalue weighted by Crippen LogP contribution is 2.18. The molecule has 2 aromatic carbocycles. The lowest BCUT2D eigenvalue weighted by Gasteiger charge is -2.11. The highest BCUT2D eigenvalue weighted by molar-refractivity contribution is 5.98. The van der Waals surface area contributed by atoms with Crippen LogP contribution in [0.3, 0.4) is 0 Å². The Labute approximate surface area is 173 Å². The zero-order chi connectivity index (χ0) is 21.3. The minimum atomic E-state index is -0.617. The molecule has 3 N–H and O–H groups in total. The molecule has 30 heavy (non-hydrogen) atoms. The lowest BCUT2D eigenvalue weighted by molar-refractivity contribution is -0.119. The van der Waals surface area contributed by atoms with Crippen molar-refractivity contribution in [2.75, 3.05) is 22.6 Å². The van der Waals surface area contributed by atoms with Gasteiger partial charge >= 0.3 is 5.97 Å². The van der Waals surface area contributed by atoms with Gasteiger partial charge in [-0.15, -0.1) is 0 Å². The number of anilines is 3. The largest absolute Gasteiger partial charge is 0.467 e. The van der Waals surface area contributed by atoms with Gasteiger partial charge in [0.1, 0.15) is 5.76 Å². The molecule has 0 saturated heterocycles. The zero-order valence-electron chi connectivity index (χ0n) is 16.3. The molecule has 0 atom stereocenters. The van der Waals surface area contributed by atoms with E-state index >= 15 is 0 Å². The first-order valence-electron chi connectivity index (χ1n) is 9.21. The summed E-state index contributed by atoms with van der Waals surface area (Å²) in [6.07, 6.45) is 1.57. The predicted octanol–water partition coefficient (Wildman–Crippen LogP) is 3.65. The van der Waals surface area contributed by atoms with Crippen LogP contribution in [0.4, 0.5) is 17.1 Å². The number of amides is 2. The van der Waals surface area contributed by atoms with Crippen molar-refractivity contribution >= 4 is 34.8 Å². The maximum absolute atomic E-state index is 12.4. The predicted molar refractivity (Wildman–Crippen MR) is 112 cm³/mol. The van der Waals surface area contributed by atoms with Crippen molar-refractivity contribution in [3.05, 3.63) is 78.3 Å². The first kappa shape index (κ1) is 20.7. The van der Waals surface area contributed by atoms with Gasteiger partial charge in [-0.05, 0) is 48.5 Å². The number of ether oxygens (including phenoxy) is 1. The summed E-state index contributed by atoms with van der Waals surface area (Å²) in [7, 11) is 0. The summed E-state index contributed by atoms with van der Waals surface area (Å²) in [6, 6.07) is 17.1. The van der Waals surface area contributed by atoms with Crippen LogP contribution in [0.15, 0.2) is 71.3 Å². The number of rotatable bonds is 8. The van der Waals surface area contributed by atoms with Gasteiger partial charge in [0.25, 0.3) is 5.91 Å². The molecule has 0 aliphatic carbocycles. The van der Waals surface area contributed by atoms with Gasteiger partial charge in [-0.3, -0.25) is 9.59 Å². The third kappa shape index (κ3) is 5.96. The second-order valence-electron chi connectivity index (χ2n) is 6.36. The van der Waals surface area contributed by atoms with Crippen molar-refractivity contribution in [2.24, 2.45) is 0 Å². The van der Waals surface area contributed by atoms with Crippen LogP contribution in [0.2, 0.25) is 0 Å². The fourth-order valence-corrected chi connectivity index (χ4v) is 2.66. The monoisotopic (exact) mass is 407 g/mol. The Balaban J connectivity index is 1.52. The second kappa shape index (κ2) is 9.92. The SMILES string of the molecule is CC(=O)Nc1ccc(NC(=O)COC(=O)c2ccccc2NCc2ccco2)cc1. The number of furan rings is 1. The number of carbonyl (C=O) groups is 3. The zero-order valence-corrected chi connectivity index (χ0v) is 16.3. The first-order chi connectivity index (χ1) is 14.5. The van der Waals surface area contributed by atoms with Gasteiger partial charge in [-0.2, -0.15) is 0 Å². The first-order valence-corrected chi connectivity index (χ1v) is 9.21. The Morgan fingerprint density at radius 3 is 2.27 bits per heavy atom. The number of benzene rings is 2. The highest BCUT2D eigenvalue weighted by Gasteiger charge is 2.14. The van der Waals surface area contributed by atoms with Gasteiger partial charge in [0, 0.05) is 24.0 Å². The van der Waals surface area contributed by atoms with E-state index in [-0.39, 0.29) is 5.91 Å². The second-order valence-corrected chi connectivity index (χ2v) is 6.36. The molecule has 0 aliphatic rings. The quantitative estimate of drug-likeness (QED) is 0.492. The Hall–Kier alpha value is -4.07. The van der Waals surface area contributed by atoms with E-state index in [1.807, 2.05) is 6.07 Å². The van der Waals surface area contributed by atoms with E-state index in [9.17, 15) is 14.4 Å². The molecule has 0 unspecified atom stereocenters. The number of esters is 1. The van der Waals surface area contributed by atoms with Gasteiger partial charge < -0.3 is 25.1 Å². The smallest absolute Gasteiger partial charge is 0.340 e. The standard InChI is InChI=1S/C22H21N3O5/c1-15(26)24-16-8-10-17(11-9-16)25-21(27)14-30-22(28)19-6-2-3-7-20(19)23-13-18-5-4-12-29-18/h2-12,23H,13-14H2,1H3,(H,24,26)(H,25,27). The normalized spacial score (nSPS) is 10.2. The molecule has 154 valence electrons. The minimum Gasteiger partial charge on any atom is -0.467 e. The molecule has 0 aliphatic heterocycles. The Morgan fingerprint density at radius 1 is 0.900 bits per heavy atom. The van der Waals surface area contributed by atoms with E-state index in [0.29, 0.717) is 29.2 Å². The topological polar surface area (TPSA) is 110 Å². The molecule has 1 heterocycles. The molecular weight excluding hydrogens is 386 g/mol. The average Bonchev–Trinajstić information content (AvgIpc) is 3.25. The van der Waals surface area contributed by atoms with Crippen molar-refractivity contribution in [1.82, 2.24) is 0 Å². The average molecular weight is 407 g/mol. The lowest BCUT2D eigenvalue weighted by Crippen LogP contribution is -2.21. The van der Waals surface area contributed by atoms with Crippen molar-refractivity contribution in [3.63, 3.8) is 0 Å². The number of para-hydroxylation sites is 1. The summed E-state index contributed by atoms with van der Waals surface area (Å²) in [5.41, 5.74) is 2.03. The molecule has 0 radical (unpaired) electrons. The third-order valence-electron chi connectivity index (χ3n) is 4.00. The summed E-state index contributed by atoms with van der Waals surface area (Å²) >= 11 is 0. The summed E-state index contributed by atoms with van der Waals surface area (Å²) in [5.74, 6) is -0.551. The Morgan fingerprint density at radius 2 is 1.60 bits per heavy atom. The van der Waals surface area contributed by atoms with Crippen LogP contribution in [0, 0.1) is 0 Å².